The standard InChI is InChI=1S/C18H15F3N2O2/c1-22(10-12-6-8-13(9-7-12)18(19,20)21)11-23-16(24)14-4-2-3-5-15(14)17(23)25/h2-9H,10-11H2,1H3. The monoisotopic (exact) mass is 348 g/mol. The van der Waals surface area contributed by atoms with Crippen LogP contribution < -0.4 is 0 Å². The molecular weight excluding hydrogens is 333 g/mol. The Morgan fingerprint density at radius 1 is 0.920 bits per heavy atom. The zero-order valence-corrected chi connectivity index (χ0v) is 13.4. The molecule has 2 amide bonds. The van der Waals surface area contributed by atoms with Gasteiger partial charge in [0, 0.05) is 6.54 Å². The number of halogens is 3. The summed E-state index contributed by atoms with van der Waals surface area (Å²) in [6.45, 7) is 0.374. The van der Waals surface area contributed by atoms with E-state index in [1.807, 2.05) is 0 Å². The molecule has 0 saturated heterocycles. The van der Waals surface area contributed by atoms with Gasteiger partial charge in [-0.25, -0.2) is 0 Å². The number of benzene rings is 2. The molecule has 0 saturated carbocycles. The maximum atomic E-state index is 12.6. The lowest BCUT2D eigenvalue weighted by Crippen LogP contribution is -2.39. The summed E-state index contributed by atoms with van der Waals surface area (Å²) in [6, 6.07) is 11.4. The number of imide groups is 1. The smallest absolute Gasteiger partial charge is 0.284 e. The summed E-state index contributed by atoms with van der Waals surface area (Å²) >= 11 is 0. The average molecular weight is 348 g/mol. The van der Waals surface area contributed by atoms with E-state index in [2.05, 4.69) is 0 Å². The summed E-state index contributed by atoms with van der Waals surface area (Å²) in [5, 5.41) is 0. The molecule has 2 aromatic rings. The Hall–Kier alpha value is -2.67. The van der Waals surface area contributed by atoms with E-state index in [9.17, 15) is 22.8 Å². The first-order valence-corrected chi connectivity index (χ1v) is 7.57. The number of hydrogen-bond donors (Lipinski definition) is 0. The van der Waals surface area contributed by atoms with Crippen LogP contribution in [0.5, 0.6) is 0 Å². The van der Waals surface area contributed by atoms with Crippen molar-refractivity contribution in [2.24, 2.45) is 0 Å². The van der Waals surface area contributed by atoms with Crippen molar-refractivity contribution < 1.29 is 22.8 Å². The molecule has 0 bridgehead atoms. The molecule has 0 spiro atoms. The van der Waals surface area contributed by atoms with Gasteiger partial charge in [0.2, 0.25) is 0 Å². The largest absolute Gasteiger partial charge is 0.416 e. The molecule has 3 rings (SSSR count). The van der Waals surface area contributed by atoms with E-state index in [4.69, 9.17) is 0 Å². The van der Waals surface area contributed by atoms with Gasteiger partial charge in [-0.2, -0.15) is 13.2 Å². The first-order valence-electron chi connectivity index (χ1n) is 7.57. The minimum atomic E-state index is -4.37. The number of nitrogens with zero attached hydrogens (tertiary/aromatic N) is 2. The third kappa shape index (κ3) is 3.41. The molecule has 25 heavy (non-hydrogen) atoms. The molecule has 0 unspecified atom stereocenters. The van der Waals surface area contributed by atoms with Crippen LogP contribution in [-0.4, -0.2) is 35.3 Å². The molecule has 1 heterocycles. The Morgan fingerprint density at radius 3 is 1.92 bits per heavy atom. The van der Waals surface area contributed by atoms with Gasteiger partial charge in [0.1, 0.15) is 0 Å². The van der Waals surface area contributed by atoms with Crippen molar-refractivity contribution >= 4 is 11.8 Å². The van der Waals surface area contributed by atoms with Gasteiger partial charge in [-0.1, -0.05) is 24.3 Å². The lowest BCUT2D eigenvalue weighted by molar-refractivity contribution is -0.137. The minimum absolute atomic E-state index is 0.0629. The molecule has 7 heteroatoms. The minimum Gasteiger partial charge on any atom is -0.284 e. The molecular formula is C18H15F3N2O2. The van der Waals surface area contributed by atoms with Crippen LogP contribution in [0.1, 0.15) is 31.8 Å². The molecule has 0 atom stereocenters. The molecule has 1 aliphatic heterocycles. The number of hydrogen-bond acceptors (Lipinski definition) is 3. The number of carbonyl (C=O) groups excluding carboxylic acids is 2. The molecule has 0 radical (unpaired) electrons. The Balaban J connectivity index is 1.67. The third-order valence-electron chi connectivity index (χ3n) is 3.99. The lowest BCUT2D eigenvalue weighted by Gasteiger charge is -2.23. The molecule has 0 fully saturated rings. The highest BCUT2D eigenvalue weighted by Gasteiger charge is 2.35. The van der Waals surface area contributed by atoms with Crippen molar-refractivity contribution in [3.8, 4) is 0 Å². The van der Waals surface area contributed by atoms with Gasteiger partial charge in [-0.3, -0.25) is 19.4 Å². The van der Waals surface area contributed by atoms with Gasteiger partial charge in [-0.05, 0) is 36.9 Å². The highest BCUT2D eigenvalue weighted by molar-refractivity contribution is 6.21. The van der Waals surface area contributed by atoms with E-state index in [-0.39, 0.29) is 18.5 Å². The van der Waals surface area contributed by atoms with Crippen molar-refractivity contribution in [2.45, 2.75) is 12.7 Å². The van der Waals surface area contributed by atoms with Crippen LogP contribution in [0.3, 0.4) is 0 Å². The summed E-state index contributed by atoms with van der Waals surface area (Å²) in [4.78, 5) is 27.4. The first-order chi connectivity index (χ1) is 11.8. The van der Waals surface area contributed by atoms with Crippen molar-refractivity contribution in [3.63, 3.8) is 0 Å². The fourth-order valence-corrected chi connectivity index (χ4v) is 2.77. The van der Waals surface area contributed by atoms with E-state index < -0.39 is 11.7 Å². The van der Waals surface area contributed by atoms with E-state index in [1.165, 1.54) is 12.1 Å². The summed E-state index contributed by atoms with van der Waals surface area (Å²) < 4.78 is 37.7. The van der Waals surface area contributed by atoms with Crippen LogP contribution in [0.25, 0.3) is 0 Å². The van der Waals surface area contributed by atoms with Gasteiger partial charge in [0.05, 0.1) is 23.4 Å². The van der Waals surface area contributed by atoms with Crippen LogP contribution in [-0.2, 0) is 12.7 Å². The third-order valence-corrected chi connectivity index (χ3v) is 3.99. The van der Waals surface area contributed by atoms with Crippen LogP contribution >= 0.6 is 0 Å². The summed E-state index contributed by atoms with van der Waals surface area (Å²) in [6.07, 6.45) is -4.37. The summed E-state index contributed by atoms with van der Waals surface area (Å²) in [5.41, 5.74) is 0.692. The molecule has 0 N–H and O–H groups in total. The topological polar surface area (TPSA) is 40.6 Å². The predicted octanol–water partition coefficient (Wildman–Crippen LogP) is 3.39. The predicted molar refractivity (Wildman–Crippen MR) is 84.7 cm³/mol. The second-order valence-electron chi connectivity index (χ2n) is 5.93. The SMILES string of the molecule is CN(Cc1ccc(C(F)(F)F)cc1)CN1C(=O)c2ccccc2C1=O. The second-order valence-corrected chi connectivity index (χ2v) is 5.93. The molecule has 130 valence electrons. The molecule has 1 aliphatic rings. The van der Waals surface area contributed by atoms with Crippen LogP contribution in [0.2, 0.25) is 0 Å². The Bertz CT molecular complexity index is 781. The highest BCUT2D eigenvalue weighted by atomic mass is 19.4. The molecule has 0 aliphatic carbocycles. The molecule has 0 aromatic heterocycles. The van der Waals surface area contributed by atoms with Crippen LogP contribution in [0, 0.1) is 0 Å². The van der Waals surface area contributed by atoms with Gasteiger partial charge >= 0.3 is 6.18 Å². The summed E-state index contributed by atoms with van der Waals surface area (Å²) in [5.74, 6) is -0.722. The lowest BCUT2D eigenvalue weighted by atomic mass is 10.1. The highest BCUT2D eigenvalue weighted by Crippen LogP contribution is 2.29. The fraction of sp³-hybridized carbons (Fsp3) is 0.222. The van der Waals surface area contributed by atoms with E-state index in [1.54, 1.807) is 36.2 Å². The number of amides is 2. The number of rotatable bonds is 4. The Kier molecular flexibility index (Phi) is 4.34. The first kappa shape index (κ1) is 17.2. The number of carbonyl (C=O) groups is 2. The Morgan fingerprint density at radius 2 is 1.44 bits per heavy atom. The number of alkyl halides is 3. The van der Waals surface area contributed by atoms with E-state index in [0.717, 1.165) is 17.0 Å². The van der Waals surface area contributed by atoms with Crippen LogP contribution in [0.4, 0.5) is 13.2 Å². The molecule has 4 nitrogen and oxygen atoms in total. The van der Waals surface area contributed by atoms with E-state index >= 15 is 0 Å². The number of fused-ring (bicyclic) bond motifs is 1. The maximum Gasteiger partial charge on any atom is 0.416 e. The normalized spacial score (nSPS) is 14.4. The Labute approximate surface area is 142 Å². The van der Waals surface area contributed by atoms with Crippen molar-refractivity contribution in [3.05, 3.63) is 70.8 Å². The van der Waals surface area contributed by atoms with Gasteiger partial charge in [-0.15, -0.1) is 0 Å². The van der Waals surface area contributed by atoms with Gasteiger partial charge < -0.3 is 0 Å². The van der Waals surface area contributed by atoms with E-state index in [0.29, 0.717) is 23.2 Å². The second kappa shape index (κ2) is 6.33. The average Bonchev–Trinajstić information content (AvgIpc) is 2.80. The van der Waals surface area contributed by atoms with Crippen LogP contribution in [0.15, 0.2) is 48.5 Å². The van der Waals surface area contributed by atoms with Gasteiger partial charge in [0.25, 0.3) is 11.8 Å². The zero-order valence-electron chi connectivity index (χ0n) is 13.4. The maximum absolute atomic E-state index is 12.6. The van der Waals surface area contributed by atoms with Crippen molar-refractivity contribution in [1.82, 2.24) is 9.80 Å². The van der Waals surface area contributed by atoms with Gasteiger partial charge in [0.15, 0.2) is 0 Å². The quantitative estimate of drug-likeness (QED) is 0.796. The fourth-order valence-electron chi connectivity index (χ4n) is 2.77. The molecule has 2 aromatic carbocycles. The van der Waals surface area contributed by atoms with Crippen molar-refractivity contribution in [2.75, 3.05) is 13.7 Å². The zero-order chi connectivity index (χ0) is 18.2. The van der Waals surface area contributed by atoms with Crippen molar-refractivity contribution in [1.29, 1.82) is 0 Å². The summed E-state index contributed by atoms with van der Waals surface area (Å²) in [7, 11) is 1.70.